The zero-order valence-corrected chi connectivity index (χ0v) is 28.0. The van der Waals surface area contributed by atoms with Gasteiger partial charge in [0.05, 0.1) is 11.0 Å². The minimum atomic E-state index is 1.15. The van der Waals surface area contributed by atoms with Crippen LogP contribution in [0.2, 0.25) is 0 Å². The van der Waals surface area contributed by atoms with Gasteiger partial charge in [-0.3, -0.25) is 0 Å². The van der Waals surface area contributed by atoms with E-state index in [1.54, 1.807) is 0 Å². The lowest BCUT2D eigenvalue weighted by molar-refractivity contribution is 1.18. The van der Waals surface area contributed by atoms with Crippen molar-refractivity contribution in [1.82, 2.24) is 4.57 Å². The van der Waals surface area contributed by atoms with E-state index in [-0.39, 0.29) is 0 Å². The molecule has 1 nitrogen and oxygen atoms in total. The summed E-state index contributed by atoms with van der Waals surface area (Å²) in [7, 11) is 0. The summed E-state index contributed by atoms with van der Waals surface area (Å²) in [6.07, 6.45) is 0. The van der Waals surface area contributed by atoms with E-state index in [0.717, 1.165) is 5.69 Å². The number of aromatic nitrogens is 1. The number of nitrogens with zero attached hydrogens (tertiary/aromatic N) is 1. The molecule has 0 saturated carbocycles. The van der Waals surface area contributed by atoms with Crippen molar-refractivity contribution >= 4 is 43.4 Å². The smallest absolute Gasteiger partial charge is 0.0541 e. The van der Waals surface area contributed by atoms with E-state index in [4.69, 9.17) is 0 Å². The van der Waals surface area contributed by atoms with Crippen molar-refractivity contribution < 1.29 is 0 Å². The molecule has 0 amide bonds. The third-order valence-corrected chi connectivity index (χ3v) is 10.4. The molecule has 0 atom stereocenters. The number of hydrogen-bond donors (Lipinski definition) is 0. The Labute approximate surface area is 297 Å². The van der Waals surface area contributed by atoms with E-state index in [9.17, 15) is 0 Å². The fraction of sp³-hybridized carbons (Fsp3) is 0. The molecule has 10 aromatic rings. The highest BCUT2D eigenvalue weighted by Gasteiger charge is 2.15. The molecule has 0 fully saturated rings. The molecular weight excluding hydrogens is 615 g/mol. The van der Waals surface area contributed by atoms with E-state index < -0.39 is 0 Å². The summed E-state index contributed by atoms with van der Waals surface area (Å²) in [6, 6.07) is 73.0. The highest BCUT2D eigenvalue weighted by Crippen LogP contribution is 2.38. The lowest BCUT2D eigenvalue weighted by atomic mass is 9.95. The summed E-state index contributed by atoms with van der Waals surface area (Å²) in [4.78, 5) is 0. The molecule has 51 heavy (non-hydrogen) atoms. The molecule has 1 aromatic heterocycles. The second kappa shape index (κ2) is 12.0. The standard InChI is InChI=1S/C50H33N/c1-2-9-34(10-3-1)42-25-29-49-47(32-42)48-33-43(36-17-20-39(21-18-36)46-16-8-14-38-12-6-7-15-45(38)46)26-30-50(48)51(49)44-27-23-37(24-28-44)41-22-19-35-11-4-5-13-40(35)31-41/h1-33H. The maximum absolute atomic E-state index is 2.41. The van der Waals surface area contributed by atoms with Gasteiger partial charge in [-0.05, 0) is 109 Å². The van der Waals surface area contributed by atoms with Crippen LogP contribution in [0.25, 0.3) is 93.5 Å². The lowest BCUT2D eigenvalue weighted by Crippen LogP contribution is -1.94. The van der Waals surface area contributed by atoms with Gasteiger partial charge in [0.1, 0.15) is 0 Å². The molecule has 9 aromatic carbocycles. The van der Waals surface area contributed by atoms with Gasteiger partial charge < -0.3 is 4.57 Å². The zero-order chi connectivity index (χ0) is 33.7. The van der Waals surface area contributed by atoms with Crippen LogP contribution in [0.5, 0.6) is 0 Å². The Hall–Kier alpha value is -6.70. The Morgan fingerprint density at radius 2 is 0.745 bits per heavy atom. The lowest BCUT2D eigenvalue weighted by Gasteiger charge is -2.11. The van der Waals surface area contributed by atoms with Gasteiger partial charge in [-0.1, -0.05) is 158 Å². The van der Waals surface area contributed by atoms with E-state index in [2.05, 4.69) is 205 Å². The van der Waals surface area contributed by atoms with Gasteiger partial charge in [0, 0.05) is 16.5 Å². The fourth-order valence-electron chi connectivity index (χ4n) is 7.78. The van der Waals surface area contributed by atoms with Gasteiger partial charge in [-0.25, -0.2) is 0 Å². The molecule has 238 valence electrons. The van der Waals surface area contributed by atoms with Crippen LogP contribution in [0.1, 0.15) is 0 Å². The van der Waals surface area contributed by atoms with Gasteiger partial charge in [-0.2, -0.15) is 0 Å². The monoisotopic (exact) mass is 647 g/mol. The predicted molar refractivity (Wildman–Crippen MR) is 218 cm³/mol. The first kappa shape index (κ1) is 29.2. The number of fused-ring (bicyclic) bond motifs is 5. The summed E-state index contributed by atoms with van der Waals surface area (Å²) in [5.41, 5.74) is 13.3. The Morgan fingerprint density at radius 3 is 1.45 bits per heavy atom. The molecule has 0 aliphatic carbocycles. The van der Waals surface area contributed by atoms with Crippen LogP contribution >= 0.6 is 0 Å². The van der Waals surface area contributed by atoms with Gasteiger partial charge >= 0.3 is 0 Å². The van der Waals surface area contributed by atoms with Crippen molar-refractivity contribution in [3.05, 3.63) is 200 Å². The Bertz CT molecular complexity index is 2870. The average Bonchev–Trinajstić information content (AvgIpc) is 3.54. The quantitative estimate of drug-likeness (QED) is 0.175. The van der Waals surface area contributed by atoms with Crippen LogP contribution < -0.4 is 0 Å². The second-order valence-corrected chi connectivity index (χ2v) is 13.4. The molecule has 0 bridgehead atoms. The number of benzene rings is 9. The minimum Gasteiger partial charge on any atom is -0.309 e. The summed E-state index contributed by atoms with van der Waals surface area (Å²) in [5, 5.41) is 7.56. The highest BCUT2D eigenvalue weighted by molar-refractivity contribution is 6.11. The Kier molecular flexibility index (Phi) is 6.89. The van der Waals surface area contributed by atoms with Crippen molar-refractivity contribution in [3.63, 3.8) is 0 Å². The average molecular weight is 648 g/mol. The largest absolute Gasteiger partial charge is 0.309 e. The molecular formula is C50H33N. The Balaban J connectivity index is 1.09. The molecule has 10 rings (SSSR count). The van der Waals surface area contributed by atoms with E-state index in [1.807, 2.05) is 0 Å². The predicted octanol–water partition coefficient (Wildman–Crippen LogP) is 13.8. The number of hydrogen-bond acceptors (Lipinski definition) is 0. The van der Waals surface area contributed by atoms with E-state index >= 15 is 0 Å². The van der Waals surface area contributed by atoms with Crippen LogP contribution in [0.4, 0.5) is 0 Å². The van der Waals surface area contributed by atoms with E-state index in [1.165, 1.54) is 87.9 Å². The van der Waals surface area contributed by atoms with Gasteiger partial charge in [0.25, 0.3) is 0 Å². The first-order valence-corrected chi connectivity index (χ1v) is 17.6. The van der Waals surface area contributed by atoms with Crippen molar-refractivity contribution in [3.8, 4) is 50.2 Å². The van der Waals surface area contributed by atoms with Crippen molar-refractivity contribution in [2.45, 2.75) is 0 Å². The summed E-state index contributed by atoms with van der Waals surface area (Å²) in [6.45, 7) is 0. The zero-order valence-electron chi connectivity index (χ0n) is 28.0. The molecule has 0 N–H and O–H groups in total. The molecule has 0 aliphatic heterocycles. The van der Waals surface area contributed by atoms with Crippen LogP contribution in [0.15, 0.2) is 200 Å². The fourth-order valence-corrected chi connectivity index (χ4v) is 7.78. The maximum Gasteiger partial charge on any atom is 0.0541 e. The summed E-state index contributed by atoms with van der Waals surface area (Å²) in [5.74, 6) is 0. The molecule has 0 aliphatic rings. The molecule has 1 heterocycles. The van der Waals surface area contributed by atoms with Crippen LogP contribution in [-0.4, -0.2) is 4.57 Å². The Morgan fingerprint density at radius 1 is 0.255 bits per heavy atom. The summed E-state index contributed by atoms with van der Waals surface area (Å²) < 4.78 is 2.41. The van der Waals surface area contributed by atoms with Crippen molar-refractivity contribution in [2.75, 3.05) is 0 Å². The topological polar surface area (TPSA) is 4.93 Å². The van der Waals surface area contributed by atoms with Crippen LogP contribution in [0.3, 0.4) is 0 Å². The molecule has 1 heteroatoms. The molecule has 0 radical (unpaired) electrons. The van der Waals surface area contributed by atoms with Crippen LogP contribution in [-0.2, 0) is 0 Å². The molecule has 0 unspecified atom stereocenters. The normalized spacial score (nSPS) is 11.5. The SMILES string of the molecule is c1ccc(-c2ccc3c(c2)c2cc(-c4ccc(-c5cccc6ccccc56)cc4)ccc2n3-c2ccc(-c3ccc4ccccc4c3)cc2)cc1. The minimum absolute atomic E-state index is 1.15. The van der Waals surface area contributed by atoms with Gasteiger partial charge in [0.2, 0.25) is 0 Å². The first-order chi connectivity index (χ1) is 25.3. The highest BCUT2D eigenvalue weighted by atomic mass is 15.0. The molecule has 0 spiro atoms. The van der Waals surface area contributed by atoms with Crippen molar-refractivity contribution in [1.29, 1.82) is 0 Å². The number of rotatable bonds is 5. The second-order valence-electron chi connectivity index (χ2n) is 13.4. The first-order valence-electron chi connectivity index (χ1n) is 17.6. The third kappa shape index (κ3) is 5.10. The van der Waals surface area contributed by atoms with Crippen LogP contribution in [0, 0.1) is 0 Å². The third-order valence-electron chi connectivity index (χ3n) is 10.4. The van der Waals surface area contributed by atoms with Gasteiger partial charge in [-0.15, -0.1) is 0 Å². The van der Waals surface area contributed by atoms with Crippen molar-refractivity contribution in [2.24, 2.45) is 0 Å². The van der Waals surface area contributed by atoms with E-state index in [0.29, 0.717) is 0 Å². The van der Waals surface area contributed by atoms with Gasteiger partial charge in [0.15, 0.2) is 0 Å². The molecule has 0 saturated heterocycles. The summed E-state index contributed by atoms with van der Waals surface area (Å²) >= 11 is 0. The maximum atomic E-state index is 2.41.